The molecule has 0 spiro atoms. The quantitative estimate of drug-likeness (QED) is 0.895. The normalized spacial score (nSPS) is 16.3. The van der Waals surface area contributed by atoms with Gasteiger partial charge in [0.15, 0.2) is 0 Å². The van der Waals surface area contributed by atoms with Gasteiger partial charge in [-0.25, -0.2) is 4.98 Å². The van der Waals surface area contributed by atoms with Crippen molar-refractivity contribution < 1.29 is 9.59 Å². The van der Waals surface area contributed by atoms with Crippen LogP contribution < -0.4 is 10.6 Å². The minimum absolute atomic E-state index is 0.0636. The van der Waals surface area contributed by atoms with Gasteiger partial charge in [-0.3, -0.25) is 9.59 Å². The molecule has 2 N–H and O–H groups in total. The van der Waals surface area contributed by atoms with Crippen molar-refractivity contribution in [2.24, 2.45) is 0 Å². The largest absolute Gasteiger partial charge is 0.352 e. The van der Waals surface area contributed by atoms with Gasteiger partial charge in [0.2, 0.25) is 5.91 Å². The highest BCUT2D eigenvalue weighted by Gasteiger charge is 2.21. The number of imidazole rings is 1. The minimum atomic E-state index is -0.0665. The molecule has 1 aromatic carbocycles. The Hall–Kier alpha value is -2.63. The summed E-state index contributed by atoms with van der Waals surface area (Å²) in [5.74, 6) is 0.968. The van der Waals surface area contributed by atoms with E-state index in [9.17, 15) is 9.59 Å². The number of carbonyl (C=O) groups excluding carboxylic acids is 2. The maximum absolute atomic E-state index is 12.4. The van der Waals surface area contributed by atoms with Gasteiger partial charge in [-0.1, -0.05) is 12.1 Å². The van der Waals surface area contributed by atoms with Crippen LogP contribution in [0.15, 0.2) is 30.5 Å². The van der Waals surface area contributed by atoms with Crippen LogP contribution in [0.4, 0.5) is 0 Å². The third-order valence-electron chi connectivity index (χ3n) is 4.21. The number of rotatable bonds is 4. The van der Waals surface area contributed by atoms with Crippen LogP contribution in [0.5, 0.6) is 0 Å². The van der Waals surface area contributed by atoms with Crippen LogP contribution in [0.3, 0.4) is 0 Å². The van der Waals surface area contributed by atoms with Crippen LogP contribution >= 0.6 is 0 Å². The van der Waals surface area contributed by atoms with E-state index in [-0.39, 0.29) is 17.9 Å². The lowest BCUT2D eigenvalue weighted by Crippen LogP contribution is -2.40. The molecule has 24 heavy (non-hydrogen) atoms. The number of hydrogen-bond acceptors (Lipinski definition) is 3. The number of fused-ring (bicyclic) bond motifs is 1. The third kappa shape index (κ3) is 3.82. The van der Waals surface area contributed by atoms with Gasteiger partial charge in [0.25, 0.3) is 5.91 Å². The summed E-state index contributed by atoms with van der Waals surface area (Å²) >= 11 is 0. The summed E-state index contributed by atoms with van der Waals surface area (Å²) < 4.78 is 2.13. The number of carbonyl (C=O) groups is 2. The number of hydrogen-bond donors (Lipinski definition) is 2. The van der Waals surface area contributed by atoms with Gasteiger partial charge in [-0.05, 0) is 31.0 Å². The summed E-state index contributed by atoms with van der Waals surface area (Å²) in [6.07, 6.45) is 3.82. The summed E-state index contributed by atoms with van der Waals surface area (Å²) in [4.78, 5) is 27.8. The molecule has 126 valence electrons. The molecule has 2 amide bonds. The second kappa shape index (κ2) is 6.86. The molecule has 0 radical (unpaired) electrons. The maximum atomic E-state index is 12.4. The van der Waals surface area contributed by atoms with Crippen LogP contribution in [-0.2, 0) is 24.3 Å². The molecule has 1 aromatic heterocycles. The predicted molar refractivity (Wildman–Crippen MR) is 90.5 cm³/mol. The van der Waals surface area contributed by atoms with Crippen LogP contribution in [0.2, 0.25) is 0 Å². The molecule has 0 unspecified atom stereocenters. The van der Waals surface area contributed by atoms with Crippen molar-refractivity contribution in [3.8, 4) is 0 Å². The van der Waals surface area contributed by atoms with Crippen molar-refractivity contribution in [1.29, 1.82) is 0 Å². The van der Waals surface area contributed by atoms with Gasteiger partial charge in [0, 0.05) is 44.2 Å². The van der Waals surface area contributed by atoms with Gasteiger partial charge in [0.1, 0.15) is 5.82 Å². The Kier molecular flexibility index (Phi) is 4.64. The average molecular weight is 326 g/mol. The Morgan fingerprint density at radius 2 is 2.04 bits per heavy atom. The first-order valence-electron chi connectivity index (χ1n) is 8.18. The molecule has 1 aliphatic rings. The number of aromatic nitrogens is 2. The molecular weight excluding hydrogens is 304 g/mol. The van der Waals surface area contributed by atoms with Gasteiger partial charge in [0.05, 0.1) is 5.69 Å². The predicted octanol–water partition coefficient (Wildman–Crippen LogP) is 1.57. The Balaban J connectivity index is 1.58. The SMILES string of the molecule is CC(=O)NCc1ccc(C(=O)N[C@@H]2CCc3nc(C)cn3C2)cc1. The topological polar surface area (TPSA) is 76.0 Å². The van der Waals surface area contributed by atoms with E-state index >= 15 is 0 Å². The van der Waals surface area contributed by atoms with Crippen molar-refractivity contribution in [1.82, 2.24) is 20.2 Å². The monoisotopic (exact) mass is 326 g/mol. The van der Waals surface area contributed by atoms with Gasteiger partial charge in [-0.15, -0.1) is 0 Å². The molecule has 6 nitrogen and oxygen atoms in total. The number of nitrogens with zero attached hydrogens (tertiary/aromatic N) is 2. The van der Waals surface area contributed by atoms with E-state index < -0.39 is 0 Å². The Labute approximate surface area is 141 Å². The third-order valence-corrected chi connectivity index (χ3v) is 4.21. The number of benzene rings is 1. The van der Waals surface area contributed by atoms with E-state index in [1.807, 2.05) is 25.3 Å². The summed E-state index contributed by atoms with van der Waals surface area (Å²) in [6, 6.07) is 7.44. The van der Waals surface area contributed by atoms with Crippen molar-refractivity contribution in [2.45, 2.75) is 45.8 Å². The van der Waals surface area contributed by atoms with E-state index in [1.165, 1.54) is 6.92 Å². The fraction of sp³-hybridized carbons (Fsp3) is 0.389. The molecule has 1 atom stereocenters. The van der Waals surface area contributed by atoms with E-state index in [2.05, 4.69) is 20.2 Å². The average Bonchev–Trinajstić information content (AvgIpc) is 2.92. The van der Waals surface area contributed by atoms with Gasteiger partial charge < -0.3 is 15.2 Å². The summed E-state index contributed by atoms with van der Waals surface area (Å²) in [6.45, 7) is 4.71. The van der Waals surface area contributed by atoms with E-state index in [0.29, 0.717) is 12.1 Å². The van der Waals surface area contributed by atoms with Crippen molar-refractivity contribution in [2.75, 3.05) is 0 Å². The second-order valence-electron chi connectivity index (χ2n) is 6.27. The van der Waals surface area contributed by atoms with Gasteiger partial charge in [-0.2, -0.15) is 0 Å². The van der Waals surface area contributed by atoms with Crippen molar-refractivity contribution in [3.63, 3.8) is 0 Å². The van der Waals surface area contributed by atoms with Crippen LogP contribution in [0.1, 0.15) is 40.8 Å². The first-order chi connectivity index (χ1) is 11.5. The van der Waals surface area contributed by atoms with E-state index in [4.69, 9.17) is 0 Å². The highest BCUT2D eigenvalue weighted by molar-refractivity contribution is 5.94. The number of aryl methyl sites for hydroxylation is 2. The lowest BCUT2D eigenvalue weighted by Gasteiger charge is -2.24. The second-order valence-corrected chi connectivity index (χ2v) is 6.27. The standard InChI is InChI=1S/C18H22N4O2/c1-12-10-22-11-16(7-8-17(22)20-12)21-18(24)15-5-3-14(4-6-15)9-19-13(2)23/h3-6,10,16H,7-9,11H2,1-2H3,(H,19,23)(H,21,24)/t16-/m1/s1. The molecular formula is C18H22N4O2. The summed E-state index contributed by atoms with van der Waals surface area (Å²) in [5.41, 5.74) is 2.62. The van der Waals surface area contributed by atoms with Crippen LogP contribution in [0.25, 0.3) is 0 Å². The summed E-state index contributed by atoms with van der Waals surface area (Å²) in [5, 5.41) is 5.84. The lowest BCUT2D eigenvalue weighted by molar-refractivity contribution is -0.119. The Morgan fingerprint density at radius 3 is 2.75 bits per heavy atom. The minimum Gasteiger partial charge on any atom is -0.352 e. The zero-order chi connectivity index (χ0) is 17.1. The Bertz CT molecular complexity index is 749. The molecule has 0 bridgehead atoms. The van der Waals surface area contributed by atoms with Crippen LogP contribution in [-0.4, -0.2) is 27.4 Å². The van der Waals surface area contributed by atoms with E-state index in [0.717, 1.165) is 36.5 Å². The Morgan fingerprint density at radius 1 is 1.29 bits per heavy atom. The molecule has 0 aliphatic carbocycles. The molecule has 2 heterocycles. The van der Waals surface area contributed by atoms with Crippen LogP contribution in [0, 0.1) is 6.92 Å². The molecule has 2 aromatic rings. The zero-order valence-corrected chi connectivity index (χ0v) is 14.0. The molecule has 1 aliphatic heterocycles. The molecule has 0 saturated heterocycles. The molecule has 0 fully saturated rings. The van der Waals surface area contributed by atoms with Crippen molar-refractivity contribution in [3.05, 3.63) is 53.1 Å². The molecule has 6 heteroatoms. The zero-order valence-electron chi connectivity index (χ0n) is 14.0. The lowest BCUT2D eigenvalue weighted by atomic mass is 10.1. The first-order valence-corrected chi connectivity index (χ1v) is 8.18. The summed E-state index contributed by atoms with van der Waals surface area (Å²) in [7, 11) is 0. The van der Waals surface area contributed by atoms with Crippen molar-refractivity contribution >= 4 is 11.8 Å². The maximum Gasteiger partial charge on any atom is 0.251 e. The van der Waals surface area contributed by atoms with Gasteiger partial charge >= 0.3 is 0 Å². The molecule has 0 saturated carbocycles. The fourth-order valence-corrected chi connectivity index (χ4v) is 2.97. The van der Waals surface area contributed by atoms with E-state index in [1.54, 1.807) is 12.1 Å². The number of nitrogens with one attached hydrogen (secondary N) is 2. The number of amides is 2. The fourth-order valence-electron chi connectivity index (χ4n) is 2.97. The highest BCUT2D eigenvalue weighted by atomic mass is 16.2. The smallest absolute Gasteiger partial charge is 0.251 e. The highest BCUT2D eigenvalue weighted by Crippen LogP contribution is 2.15. The first kappa shape index (κ1) is 16.2. The molecule has 3 rings (SSSR count).